The average Bonchev–Trinajstić information content (AvgIpc) is 2.54. The van der Waals surface area contributed by atoms with Crippen LogP contribution in [0.15, 0.2) is 48.5 Å². The first-order valence-corrected chi connectivity index (χ1v) is 6.91. The molecule has 110 valence electrons. The van der Waals surface area contributed by atoms with Crippen LogP contribution in [0.4, 0.5) is 11.4 Å². The molecule has 4 heteroatoms. The normalized spacial score (nSPS) is 10.0. The smallest absolute Gasteiger partial charge is 0.258 e. The molecule has 2 rings (SSSR count). The molecule has 0 aliphatic carbocycles. The van der Waals surface area contributed by atoms with Gasteiger partial charge >= 0.3 is 0 Å². The van der Waals surface area contributed by atoms with Crippen molar-refractivity contribution in [3.05, 3.63) is 54.1 Å². The first-order valence-electron chi connectivity index (χ1n) is 6.91. The van der Waals surface area contributed by atoms with Gasteiger partial charge in [-0.25, -0.2) is 0 Å². The van der Waals surface area contributed by atoms with E-state index in [4.69, 9.17) is 4.74 Å². The van der Waals surface area contributed by atoms with E-state index >= 15 is 0 Å². The van der Waals surface area contributed by atoms with E-state index in [2.05, 4.69) is 5.32 Å². The van der Waals surface area contributed by atoms with Crippen LogP contribution in [0.25, 0.3) is 0 Å². The largest absolute Gasteiger partial charge is 0.497 e. The van der Waals surface area contributed by atoms with Crippen molar-refractivity contribution in [2.75, 3.05) is 30.9 Å². The number of nitrogens with zero attached hydrogens (tertiary/aromatic N) is 1. The maximum atomic E-state index is 12.5. The van der Waals surface area contributed by atoms with Crippen LogP contribution in [0.2, 0.25) is 0 Å². The summed E-state index contributed by atoms with van der Waals surface area (Å²) in [5.74, 6) is 0.681. The number of hydrogen-bond donors (Lipinski definition) is 1. The third kappa shape index (κ3) is 3.54. The van der Waals surface area contributed by atoms with E-state index in [-0.39, 0.29) is 5.91 Å². The summed E-state index contributed by atoms with van der Waals surface area (Å²) in [4.78, 5) is 14.1. The number of nitrogens with one attached hydrogen (secondary N) is 1. The van der Waals surface area contributed by atoms with Gasteiger partial charge in [-0.3, -0.25) is 4.79 Å². The summed E-state index contributed by atoms with van der Waals surface area (Å²) in [5, 5.41) is 3.21. The topological polar surface area (TPSA) is 41.6 Å². The highest BCUT2D eigenvalue weighted by Crippen LogP contribution is 2.21. The van der Waals surface area contributed by atoms with Gasteiger partial charge in [-0.2, -0.15) is 0 Å². The quantitative estimate of drug-likeness (QED) is 0.915. The number of methoxy groups -OCH3 is 1. The molecule has 0 bridgehead atoms. The Morgan fingerprint density at radius 2 is 1.90 bits per heavy atom. The second kappa shape index (κ2) is 6.79. The fraction of sp³-hybridized carbons (Fsp3) is 0.235. The summed E-state index contributed by atoms with van der Waals surface area (Å²) in [5.41, 5.74) is 2.47. The summed E-state index contributed by atoms with van der Waals surface area (Å²) in [7, 11) is 3.37. The molecule has 0 aliphatic heterocycles. The van der Waals surface area contributed by atoms with Crippen molar-refractivity contribution in [3.8, 4) is 5.75 Å². The van der Waals surface area contributed by atoms with E-state index in [0.717, 1.165) is 23.7 Å². The van der Waals surface area contributed by atoms with Crippen LogP contribution in [-0.4, -0.2) is 26.6 Å². The Bertz CT molecular complexity index is 608. The molecule has 1 amide bonds. The molecule has 4 nitrogen and oxygen atoms in total. The number of anilines is 2. The molecule has 0 saturated carbocycles. The minimum Gasteiger partial charge on any atom is -0.497 e. The van der Waals surface area contributed by atoms with Gasteiger partial charge in [-0.1, -0.05) is 6.07 Å². The number of carbonyl (C=O) groups is 1. The minimum absolute atomic E-state index is 0.0497. The van der Waals surface area contributed by atoms with Gasteiger partial charge in [0.25, 0.3) is 5.91 Å². The van der Waals surface area contributed by atoms with Crippen molar-refractivity contribution in [1.29, 1.82) is 0 Å². The Morgan fingerprint density at radius 3 is 2.52 bits per heavy atom. The third-order valence-electron chi connectivity index (χ3n) is 3.26. The van der Waals surface area contributed by atoms with Crippen LogP contribution in [0, 0.1) is 0 Å². The summed E-state index contributed by atoms with van der Waals surface area (Å²) >= 11 is 0. The van der Waals surface area contributed by atoms with Gasteiger partial charge in [0.05, 0.1) is 7.11 Å². The summed E-state index contributed by atoms with van der Waals surface area (Å²) < 4.78 is 5.19. The number of amides is 1. The summed E-state index contributed by atoms with van der Waals surface area (Å²) in [6, 6.07) is 14.9. The maximum Gasteiger partial charge on any atom is 0.258 e. The number of ether oxygens (including phenoxy) is 1. The molecule has 0 atom stereocenters. The zero-order valence-electron chi connectivity index (χ0n) is 12.6. The van der Waals surface area contributed by atoms with E-state index < -0.39 is 0 Å². The molecule has 2 aromatic rings. The molecule has 0 aliphatic rings. The van der Waals surface area contributed by atoms with Gasteiger partial charge in [-0.15, -0.1) is 0 Å². The van der Waals surface area contributed by atoms with Crippen LogP contribution in [0.5, 0.6) is 5.75 Å². The molecule has 0 heterocycles. The monoisotopic (exact) mass is 284 g/mol. The maximum absolute atomic E-state index is 12.5. The second-order valence-corrected chi connectivity index (χ2v) is 4.67. The van der Waals surface area contributed by atoms with Gasteiger partial charge in [0.1, 0.15) is 5.75 Å². The number of carbonyl (C=O) groups excluding carboxylic acids is 1. The zero-order chi connectivity index (χ0) is 15.2. The van der Waals surface area contributed by atoms with E-state index in [1.165, 1.54) is 0 Å². The fourth-order valence-corrected chi connectivity index (χ4v) is 2.06. The van der Waals surface area contributed by atoms with Crippen LogP contribution >= 0.6 is 0 Å². The van der Waals surface area contributed by atoms with E-state index in [9.17, 15) is 4.79 Å². The van der Waals surface area contributed by atoms with Gasteiger partial charge in [-0.05, 0) is 43.3 Å². The highest BCUT2D eigenvalue weighted by Gasteiger charge is 2.13. The lowest BCUT2D eigenvalue weighted by Gasteiger charge is -2.18. The number of rotatable bonds is 5. The molecular weight excluding hydrogens is 264 g/mol. The molecule has 21 heavy (non-hydrogen) atoms. The standard InChI is InChI=1S/C17H20N2O2/c1-4-18-14-10-8-13(9-11-14)17(20)19(2)15-6-5-7-16(12-15)21-3/h5-12,18H,4H2,1-3H3. The van der Waals surface area contributed by atoms with Crippen LogP contribution < -0.4 is 15.0 Å². The number of hydrogen-bond acceptors (Lipinski definition) is 3. The van der Waals surface area contributed by atoms with Crippen molar-refractivity contribution in [2.45, 2.75) is 6.92 Å². The van der Waals surface area contributed by atoms with E-state index in [0.29, 0.717) is 5.56 Å². The Kier molecular flexibility index (Phi) is 4.82. The van der Waals surface area contributed by atoms with Gasteiger partial charge in [0.15, 0.2) is 0 Å². The molecule has 0 spiro atoms. The molecule has 0 unspecified atom stereocenters. The number of benzene rings is 2. The Morgan fingerprint density at radius 1 is 1.19 bits per heavy atom. The average molecular weight is 284 g/mol. The molecule has 0 saturated heterocycles. The molecule has 1 N–H and O–H groups in total. The molecular formula is C17H20N2O2. The van der Waals surface area contributed by atoms with Crippen LogP contribution in [0.1, 0.15) is 17.3 Å². The Hall–Kier alpha value is -2.49. The highest BCUT2D eigenvalue weighted by atomic mass is 16.5. The van der Waals surface area contributed by atoms with Crippen molar-refractivity contribution in [3.63, 3.8) is 0 Å². The SMILES string of the molecule is CCNc1ccc(C(=O)N(C)c2cccc(OC)c2)cc1. The van der Waals surface area contributed by atoms with Crippen molar-refractivity contribution < 1.29 is 9.53 Å². The van der Waals surface area contributed by atoms with Crippen molar-refractivity contribution in [1.82, 2.24) is 0 Å². The van der Waals surface area contributed by atoms with Crippen LogP contribution in [0.3, 0.4) is 0 Å². The van der Waals surface area contributed by atoms with Crippen molar-refractivity contribution in [2.24, 2.45) is 0 Å². The van der Waals surface area contributed by atoms with Crippen LogP contribution in [-0.2, 0) is 0 Å². The highest BCUT2D eigenvalue weighted by molar-refractivity contribution is 6.05. The first kappa shape index (κ1) is 14.9. The van der Waals surface area contributed by atoms with Gasteiger partial charge in [0, 0.05) is 36.6 Å². The minimum atomic E-state index is -0.0497. The predicted molar refractivity (Wildman–Crippen MR) is 86.3 cm³/mol. The molecule has 2 aromatic carbocycles. The fourth-order valence-electron chi connectivity index (χ4n) is 2.06. The van der Waals surface area contributed by atoms with E-state index in [1.807, 2.05) is 55.5 Å². The molecule has 0 fully saturated rings. The Balaban J connectivity index is 2.17. The lowest BCUT2D eigenvalue weighted by atomic mass is 10.1. The summed E-state index contributed by atoms with van der Waals surface area (Å²) in [6.45, 7) is 2.90. The van der Waals surface area contributed by atoms with Crippen molar-refractivity contribution >= 4 is 17.3 Å². The van der Waals surface area contributed by atoms with Gasteiger partial charge < -0.3 is 15.0 Å². The third-order valence-corrected chi connectivity index (χ3v) is 3.26. The molecule has 0 aromatic heterocycles. The summed E-state index contributed by atoms with van der Waals surface area (Å²) in [6.07, 6.45) is 0. The van der Waals surface area contributed by atoms with Gasteiger partial charge in [0.2, 0.25) is 0 Å². The predicted octanol–water partition coefficient (Wildman–Crippen LogP) is 3.40. The zero-order valence-corrected chi connectivity index (χ0v) is 12.6. The lowest BCUT2D eigenvalue weighted by molar-refractivity contribution is 0.0993. The first-order chi connectivity index (χ1) is 10.2. The second-order valence-electron chi connectivity index (χ2n) is 4.67. The lowest BCUT2D eigenvalue weighted by Crippen LogP contribution is -2.26. The van der Waals surface area contributed by atoms with E-state index in [1.54, 1.807) is 19.1 Å². The Labute approximate surface area is 125 Å². The molecule has 0 radical (unpaired) electrons.